The lowest BCUT2D eigenvalue weighted by molar-refractivity contribution is 0.297. The molecule has 5 nitrogen and oxygen atoms in total. The van der Waals surface area contributed by atoms with Gasteiger partial charge in [-0.25, -0.2) is 0 Å². The summed E-state index contributed by atoms with van der Waals surface area (Å²) in [6, 6.07) is 3.60. The van der Waals surface area contributed by atoms with Crippen molar-refractivity contribution in [2.45, 2.75) is 6.42 Å². The van der Waals surface area contributed by atoms with Gasteiger partial charge in [-0.15, -0.1) is 6.58 Å². The lowest BCUT2D eigenvalue weighted by Gasteiger charge is -2.09. The van der Waals surface area contributed by atoms with Gasteiger partial charge in [0.2, 0.25) is 0 Å². The second-order valence-corrected chi connectivity index (χ2v) is 5.06. The van der Waals surface area contributed by atoms with Crippen molar-refractivity contribution in [2.75, 3.05) is 19.8 Å². The molecule has 0 radical (unpaired) electrons. The summed E-state index contributed by atoms with van der Waals surface area (Å²) in [5.74, 6) is 1.22. The summed E-state index contributed by atoms with van der Waals surface area (Å²) in [7, 11) is 0. The number of ether oxygens (including phenoxy) is 2. The van der Waals surface area contributed by atoms with E-state index >= 15 is 0 Å². The number of fused-ring (bicyclic) bond motifs is 1. The number of thiocarbonyl (C=S) groups is 1. The van der Waals surface area contributed by atoms with Gasteiger partial charge in [-0.1, -0.05) is 17.7 Å². The van der Waals surface area contributed by atoms with E-state index in [1.165, 1.54) is 0 Å². The Morgan fingerprint density at radius 1 is 1.43 bits per heavy atom. The lowest BCUT2D eigenvalue weighted by atomic mass is 10.2. The Morgan fingerprint density at radius 3 is 3.05 bits per heavy atom. The zero-order valence-corrected chi connectivity index (χ0v) is 13.0. The van der Waals surface area contributed by atoms with E-state index in [1.54, 1.807) is 18.4 Å². The fourth-order valence-electron chi connectivity index (χ4n) is 1.70. The molecule has 1 aliphatic heterocycles. The first-order valence-corrected chi connectivity index (χ1v) is 7.26. The summed E-state index contributed by atoms with van der Waals surface area (Å²) in [6.45, 7) is 5.38. The molecule has 0 unspecified atom stereocenters. The molecule has 0 spiro atoms. The minimum atomic E-state index is 0.423. The Kier molecular flexibility index (Phi) is 5.83. The molecule has 0 atom stereocenters. The molecule has 2 N–H and O–H groups in total. The number of hydrazone groups is 1. The predicted molar refractivity (Wildman–Crippen MR) is 88.6 cm³/mol. The number of nitrogens with zero attached hydrogens (tertiary/aromatic N) is 1. The van der Waals surface area contributed by atoms with Crippen molar-refractivity contribution in [3.8, 4) is 11.5 Å². The topological polar surface area (TPSA) is 54.9 Å². The van der Waals surface area contributed by atoms with Crippen molar-refractivity contribution in [3.63, 3.8) is 0 Å². The highest BCUT2D eigenvalue weighted by atomic mass is 35.5. The van der Waals surface area contributed by atoms with Crippen LogP contribution in [0, 0.1) is 0 Å². The van der Waals surface area contributed by atoms with Gasteiger partial charge in [0.05, 0.1) is 24.5 Å². The summed E-state index contributed by atoms with van der Waals surface area (Å²) in [6.07, 6.45) is 4.16. The van der Waals surface area contributed by atoms with E-state index in [9.17, 15) is 0 Å². The Labute approximate surface area is 134 Å². The average Bonchev–Trinajstić information content (AvgIpc) is 2.71. The summed E-state index contributed by atoms with van der Waals surface area (Å²) in [4.78, 5) is 0. The van der Waals surface area contributed by atoms with Gasteiger partial charge in [-0.05, 0) is 29.9 Å². The average molecular weight is 326 g/mol. The van der Waals surface area contributed by atoms with Crippen molar-refractivity contribution in [3.05, 3.63) is 35.4 Å². The van der Waals surface area contributed by atoms with Crippen LogP contribution in [0.2, 0.25) is 5.02 Å². The lowest BCUT2D eigenvalue weighted by Crippen LogP contribution is -2.31. The molecule has 1 heterocycles. The second kappa shape index (κ2) is 7.85. The first kappa shape index (κ1) is 15.6. The van der Waals surface area contributed by atoms with Crippen LogP contribution >= 0.6 is 23.8 Å². The molecule has 21 heavy (non-hydrogen) atoms. The molecule has 7 heteroatoms. The first-order chi connectivity index (χ1) is 10.2. The summed E-state index contributed by atoms with van der Waals surface area (Å²) in [5, 5.41) is 7.87. The van der Waals surface area contributed by atoms with Crippen LogP contribution in [0.5, 0.6) is 11.5 Å². The summed E-state index contributed by atoms with van der Waals surface area (Å²) >= 11 is 11.2. The molecule has 0 amide bonds. The van der Waals surface area contributed by atoms with Crippen LogP contribution in [-0.2, 0) is 0 Å². The number of halogens is 1. The molecule has 1 aromatic rings. The molecule has 0 fully saturated rings. The van der Waals surface area contributed by atoms with Crippen LogP contribution in [0.25, 0.3) is 0 Å². The van der Waals surface area contributed by atoms with Crippen LogP contribution in [0.15, 0.2) is 29.9 Å². The minimum absolute atomic E-state index is 0.423. The van der Waals surface area contributed by atoms with Crippen LogP contribution < -0.4 is 20.2 Å². The smallest absolute Gasteiger partial charge is 0.187 e. The molecule has 0 aliphatic carbocycles. The predicted octanol–water partition coefficient (Wildman–Crippen LogP) is 2.49. The van der Waals surface area contributed by atoms with Crippen molar-refractivity contribution >= 4 is 35.1 Å². The van der Waals surface area contributed by atoms with Gasteiger partial charge in [0.15, 0.2) is 16.6 Å². The van der Waals surface area contributed by atoms with Crippen molar-refractivity contribution in [2.24, 2.45) is 5.10 Å². The van der Waals surface area contributed by atoms with E-state index in [4.69, 9.17) is 33.3 Å². The van der Waals surface area contributed by atoms with Crippen LogP contribution in [0.1, 0.15) is 12.0 Å². The van der Waals surface area contributed by atoms with E-state index in [1.807, 2.05) is 6.07 Å². The fraction of sp³-hybridized carbons (Fsp3) is 0.286. The minimum Gasteiger partial charge on any atom is -0.489 e. The number of nitrogens with one attached hydrogen (secondary N) is 2. The van der Waals surface area contributed by atoms with Crippen LogP contribution in [0.3, 0.4) is 0 Å². The van der Waals surface area contributed by atoms with Gasteiger partial charge in [-0.3, -0.25) is 5.43 Å². The fourth-order valence-corrected chi connectivity index (χ4v) is 2.10. The van der Waals surface area contributed by atoms with Gasteiger partial charge in [0.1, 0.15) is 0 Å². The second-order valence-electron chi connectivity index (χ2n) is 4.25. The molecule has 2 rings (SSSR count). The maximum Gasteiger partial charge on any atom is 0.187 e. The zero-order chi connectivity index (χ0) is 15.1. The quantitative estimate of drug-likeness (QED) is 0.385. The number of hydrogen-bond donors (Lipinski definition) is 2. The van der Waals surface area contributed by atoms with E-state index in [2.05, 4.69) is 22.4 Å². The van der Waals surface area contributed by atoms with Crippen molar-refractivity contribution in [1.29, 1.82) is 0 Å². The molecular formula is C14H16ClN3O2S. The number of benzene rings is 1. The zero-order valence-electron chi connectivity index (χ0n) is 11.4. The van der Waals surface area contributed by atoms with Crippen molar-refractivity contribution < 1.29 is 9.47 Å². The van der Waals surface area contributed by atoms with E-state index in [0.717, 1.165) is 12.0 Å². The Bertz CT molecular complexity index is 563. The highest BCUT2D eigenvalue weighted by Gasteiger charge is 2.14. The van der Waals surface area contributed by atoms with Crippen molar-refractivity contribution in [1.82, 2.24) is 10.7 Å². The largest absolute Gasteiger partial charge is 0.489 e. The van der Waals surface area contributed by atoms with Crippen LogP contribution in [0.4, 0.5) is 0 Å². The Hall–Kier alpha value is -1.79. The molecule has 0 aromatic heterocycles. The standard InChI is InChI=1S/C14H16ClN3O2S/c1-2-4-16-14(21)18-17-9-10-7-11(15)13-12(8-10)19-5-3-6-20-13/h2,7-9H,1,3-6H2,(H2,16,18,21)/b17-9-. The first-order valence-electron chi connectivity index (χ1n) is 6.47. The van der Waals surface area contributed by atoms with Gasteiger partial charge in [-0.2, -0.15) is 5.10 Å². The SMILES string of the molecule is C=CCNC(=S)N/N=C\c1cc(Cl)c2c(c1)OCCCO2. The molecule has 0 saturated carbocycles. The van der Waals surface area contributed by atoms with E-state index in [0.29, 0.717) is 41.4 Å². The monoisotopic (exact) mass is 325 g/mol. The van der Waals surface area contributed by atoms with E-state index in [-0.39, 0.29) is 0 Å². The summed E-state index contributed by atoms with van der Waals surface area (Å²) in [5.41, 5.74) is 3.50. The third-order valence-corrected chi connectivity index (χ3v) is 3.13. The highest BCUT2D eigenvalue weighted by molar-refractivity contribution is 7.80. The Balaban J connectivity index is 2.03. The third kappa shape index (κ3) is 4.61. The molecule has 1 aromatic carbocycles. The molecule has 112 valence electrons. The van der Waals surface area contributed by atoms with Gasteiger partial charge in [0, 0.05) is 13.0 Å². The van der Waals surface area contributed by atoms with Gasteiger partial charge >= 0.3 is 0 Å². The highest BCUT2D eigenvalue weighted by Crippen LogP contribution is 2.37. The van der Waals surface area contributed by atoms with Gasteiger partial charge in [0.25, 0.3) is 0 Å². The van der Waals surface area contributed by atoms with E-state index < -0.39 is 0 Å². The molecule has 1 aliphatic rings. The molecule has 0 saturated heterocycles. The van der Waals surface area contributed by atoms with Crippen LogP contribution in [-0.4, -0.2) is 31.1 Å². The number of rotatable bonds is 4. The van der Waals surface area contributed by atoms with Gasteiger partial charge < -0.3 is 14.8 Å². The third-order valence-electron chi connectivity index (χ3n) is 2.61. The normalized spacial score (nSPS) is 13.6. The molecular weight excluding hydrogens is 310 g/mol. The molecule has 0 bridgehead atoms. The maximum absolute atomic E-state index is 6.19. The maximum atomic E-state index is 6.19. The number of hydrogen-bond acceptors (Lipinski definition) is 4. The Morgan fingerprint density at radius 2 is 2.24 bits per heavy atom. The summed E-state index contributed by atoms with van der Waals surface area (Å²) < 4.78 is 11.2.